The van der Waals surface area contributed by atoms with Gasteiger partial charge in [0.25, 0.3) is 0 Å². The molecule has 3 rings (SSSR count). The highest BCUT2D eigenvalue weighted by Gasteiger charge is 2.31. The molecule has 0 aromatic heterocycles. The van der Waals surface area contributed by atoms with Crippen LogP contribution in [0.25, 0.3) is 0 Å². The maximum atomic E-state index is 14.1. The van der Waals surface area contributed by atoms with Crippen LogP contribution in [0.2, 0.25) is 0 Å². The second-order valence-electron chi connectivity index (χ2n) is 8.60. The van der Waals surface area contributed by atoms with Gasteiger partial charge in [-0.1, -0.05) is 55.8 Å². The Bertz CT molecular complexity index is 1060. The second-order valence-corrected chi connectivity index (χ2v) is 10.3. The minimum Gasteiger partial charge on any atom is -0.379 e. The van der Waals surface area contributed by atoms with Crippen molar-refractivity contribution in [3.05, 3.63) is 65.5 Å². The average Bonchev–Trinajstić information content (AvgIpc) is 2.78. The summed E-state index contributed by atoms with van der Waals surface area (Å²) in [4.78, 5) is 14.9. The van der Waals surface area contributed by atoms with Gasteiger partial charge in [0.2, 0.25) is 15.9 Å². The van der Waals surface area contributed by atoms with Crippen LogP contribution in [0.5, 0.6) is 0 Å². The minimum atomic E-state index is -4.21. The van der Waals surface area contributed by atoms with Gasteiger partial charge < -0.3 is 10.1 Å². The van der Waals surface area contributed by atoms with Gasteiger partial charge in [0, 0.05) is 19.6 Å². The first kappa shape index (κ1) is 25.3. The first-order chi connectivity index (χ1) is 15.7. The summed E-state index contributed by atoms with van der Waals surface area (Å²) in [5.41, 5.74) is 2.19. The molecule has 0 spiro atoms. The van der Waals surface area contributed by atoms with E-state index in [2.05, 4.69) is 21.0 Å². The highest BCUT2D eigenvalue weighted by molar-refractivity contribution is 7.89. The number of rotatable bonds is 9. The molecule has 0 aliphatic carbocycles. The molecule has 1 unspecified atom stereocenters. The number of carbonyl (C=O) groups is 1. The largest absolute Gasteiger partial charge is 0.379 e. The van der Waals surface area contributed by atoms with Crippen molar-refractivity contribution in [3.63, 3.8) is 0 Å². The Labute approximate surface area is 195 Å². The molecule has 2 atom stereocenters. The second kappa shape index (κ2) is 11.2. The van der Waals surface area contributed by atoms with Crippen LogP contribution in [0.1, 0.15) is 31.0 Å². The summed E-state index contributed by atoms with van der Waals surface area (Å²) in [7, 11) is -4.21. The molecular weight excluding hydrogens is 445 g/mol. The van der Waals surface area contributed by atoms with E-state index in [1.54, 1.807) is 13.8 Å². The van der Waals surface area contributed by atoms with Crippen LogP contribution >= 0.6 is 0 Å². The summed E-state index contributed by atoms with van der Waals surface area (Å²) >= 11 is 0. The van der Waals surface area contributed by atoms with Crippen LogP contribution in [0, 0.1) is 18.7 Å². The summed E-state index contributed by atoms with van der Waals surface area (Å²) in [5.74, 6) is -1.65. The fourth-order valence-electron chi connectivity index (χ4n) is 3.92. The van der Waals surface area contributed by atoms with Crippen molar-refractivity contribution < 1.29 is 22.3 Å². The van der Waals surface area contributed by atoms with E-state index in [0.29, 0.717) is 19.8 Å². The van der Waals surface area contributed by atoms with E-state index in [1.807, 2.05) is 25.1 Å². The number of halogens is 1. The van der Waals surface area contributed by atoms with Crippen LogP contribution in [-0.4, -0.2) is 58.1 Å². The van der Waals surface area contributed by atoms with Gasteiger partial charge in [0.15, 0.2) is 0 Å². The lowest BCUT2D eigenvalue weighted by molar-refractivity contribution is -0.124. The number of benzene rings is 2. The molecule has 1 fully saturated rings. The maximum Gasteiger partial charge on any atom is 0.244 e. The van der Waals surface area contributed by atoms with Crippen LogP contribution in [-0.2, 0) is 19.6 Å². The quantitative estimate of drug-likeness (QED) is 0.580. The Morgan fingerprint density at radius 3 is 2.45 bits per heavy atom. The Kier molecular flexibility index (Phi) is 8.58. The number of hydrogen-bond donors (Lipinski definition) is 2. The van der Waals surface area contributed by atoms with Gasteiger partial charge in [-0.05, 0) is 30.5 Å². The molecule has 180 valence electrons. The molecule has 0 bridgehead atoms. The molecule has 33 heavy (non-hydrogen) atoms. The number of nitrogens with zero attached hydrogens (tertiary/aromatic N) is 1. The summed E-state index contributed by atoms with van der Waals surface area (Å²) in [6, 6.07) is 12.1. The van der Waals surface area contributed by atoms with Crippen molar-refractivity contribution in [2.45, 2.75) is 37.8 Å². The van der Waals surface area contributed by atoms with Gasteiger partial charge in [0.1, 0.15) is 16.8 Å². The van der Waals surface area contributed by atoms with Crippen molar-refractivity contribution in [3.8, 4) is 0 Å². The standard InChI is InChI=1S/C24H32FN3O4S/c1-17(2)23(27-33(30,31)22-10-5-4-9-20(22)25)24(29)26-16-21(28-11-13-32-14-12-28)19-8-6-7-18(3)15-19/h4-10,15,17,21,23,27H,11-14,16H2,1-3H3,(H,26,29)/t21?,23-/m0/s1. The number of amides is 1. The normalized spacial score (nSPS) is 17.0. The molecule has 7 nitrogen and oxygen atoms in total. The van der Waals surface area contributed by atoms with E-state index in [9.17, 15) is 17.6 Å². The Balaban J connectivity index is 1.76. The first-order valence-electron chi connectivity index (χ1n) is 11.1. The van der Waals surface area contributed by atoms with Gasteiger partial charge >= 0.3 is 0 Å². The zero-order valence-corrected chi connectivity index (χ0v) is 20.1. The molecule has 1 aliphatic rings. The Hall–Kier alpha value is -2.33. The summed E-state index contributed by atoms with van der Waals surface area (Å²) < 4.78 is 47.5. The van der Waals surface area contributed by atoms with E-state index in [1.165, 1.54) is 18.2 Å². The number of carbonyl (C=O) groups excluding carboxylic acids is 1. The molecule has 1 saturated heterocycles. The third-order valence-corrected chi connectivity index (χ3v) is 7.21. The third-order valence-electron chi connectivity index (χ3n) is 5.74. The Morgan fingerprint density at radius 1 is 1.12 bits per heavy atom. The molecule has 2 aromatic carbocycles. The van der Waals surface area contributed by atoms with Crippen molar-refractivity contribution in [1.29, 1.82) is 0 Å². The SMILES string of the molecule is Cc1cccc(C(CNC(=O)[C@@H](NS(=O)(=O)c2ccccc2F)C(C)C)N2CCOCC2)c1. The van der Waals surface area contributed by atoms with Crippen molar-refractivity contribution in [2.75, 3.05) is 32.8 Å². The zero-order chi connectivity index (χ0) is 24.0. The minimum absolute atomic E-state index is 0.0752. The molecule has 2 aromatic rings. The average molecular weight is 478 g/mol. The van der Waals surface area contributed by atoms with Crippen molar-refractivity contribution in [2.24, 2.45) is 5.92 Å². The van der Waals surface area contributed by atoms with E-state index in [-0.39, 0.29) is 12.0 Å². The van der Waals surface area contributed by atoms with E-state index in [4.69, 9.17) is 4.74 Å². The summed E-state index contributed by atoms with van der Waals surface area (Å²) in [6.07, 6.45) is 0. The number of aryl methyl sites for hydroxylation is 1. The van der Waals surface area contributed by atoms with E-state index in [0.717, 1.165) is 30.3 Å². The summed E-state index contributed by atoms with van der Waals surface area (Å²) in [6.45, 7) is 8.53. The molecular formula is C24H32FN3O4S. The number of hydrogen-bond acceptors (Lipinski definition) is 5. The summed E-state index contributed by atoms with van der Waals surface area (Å²) in [5, 5.41) is 2.93. The predicted molar refractivity (Wildman–Crippen MR) is 125 cm³/mol. The maximum absolute atomic E-state index is 14.1. The van der Waals surface area contributed by atoms with Crippen LogP contribution in [0.4, 0.5) is 4.39 Å². The monoisotopic (exact) mass is 477 g/mol. The zero-order valence-electron chi connectivity index (χ0n) is 19.3. The molecule has 1 aliphatic heterocycles. The molecule has 1 amide bonds. The fraction of sp³-hybridized carbons (Fsp3) is 0.458. The smallest absolute Gasteiger partial charge is 0.244 e. The topological polar surface area (TPSA) is 87.7 Å². The Morgan fingerprint density at radius 2 is 1.82 bits per heavy atom. The molecule has 0 saturated carbocycles. The fourth-order valence-corrected chi connectivity index (χ4v) is 5.34. The van der Waals surface area contributed by atoms with E-state index < -0.39 is 32.7 Å². The molecule has 2 N–H and O–H groups in total. The van der Waals surface area contributed by atoms with Crippen LogP contribution < -0.4 is 10.0 Å². The number of nitrogens with one attached hydrogen (secondary N) is 2. The van der Waals surface area contributed by atoms with Crippen molar-refractivity contribution in [1.82, 2.24) is 14.9 Å². The van der Waals surface area contributed by atoms with Gasteiger partial charge in [0.05, 0.1) is 19.3 Å². The third kappa shape index (κ3) is 6.60. The van der Waals surface area contributed by atoms with E-state index >= 15 is 0 Å². The molecule has 9 heteroatoms. The van der Waals surface area contributed by atoms with Gasteiger partial charge in [-0.25, -0.2) is 12.8 Å². The number of ether oxygens (including phenoxy) is 1. The predicted octanol–water partition coefficient (Wildman–Crippen LogP) is 2.63. The number of sulfonamides is 1. The molecule has 1 heterocycles. The highest BCUT2D eigenvalue weighted by Crippen LogP contribution is 2.23. The lowest BCUT2D eigenvalue weighted by Crippen LogP contribution is -2.51. The van der Waals surface area contributed by atoms with Crippen LogP contribution in [0.15, 0.2) is 53.4 Å². The number of morpholine rings is 1. The first-order valence-corrected chi connectivity index (χ1v) is 12.6. The van der Waals surface area contributed by atoms with Crippen LogP contribution in [0.3, 0.4) is 0 Å². The lowest BCUT2D eigenvalue weighted by atomic mass is 10.0. The highest BCUT2D eigenvalue weighted by atomic mass is 32.2. The molecule has 0 radical (unpaired) electrons. The van der Waals surface area contributed by atoms with Gasteiger partial charge in [-0.3, -0.25) is 9.69 Å². The van der Waals surface area contributed by atoms with Gasteiger partial charge in [-0.2, -0.15) is 4.72 Å². The van der Waals surface area contributed by atoms with Gasteiger partial charge in [-0.15, -0.1) is 0 Å². The van der Waals surface area contributed by atoms with Crippen molar-refractivity contribution >= 4 is 15.9 Å². The lowest BCUT2D eigenvalue weighted by Gasteiger charge is -2.35.